The Morgan fingerprint density at radius 3 is 1.60 bits per heavy atom. The van der Waals surface area contributed by atoms with Gasteiger partial charge in [-0.05, 0) is 36.4 Å². The van der Waals surface area contributed by atoms with Crippen molar-refractivity contribution in [2.45, 2.75) is 0 Å². The molecular weight excluding hydrogens is 260 g/mol. The van der Waals surface area contributed by atoms with Gasteiger partial charge in [-0.25, -0.2) is 0 Å². The van der Waals surface area contributed by atoms with E-state index >= 15 is 0 Å². The van der Waals surface area contributed by atoms with Crippen LogP contribution in [0.4, 0.5) is 0 Å². The number of aromatic hydroxyl groups is 2. The van der Waals surface area contributed by atoms with Crippen molar-refractivity contribution >= 4 is 5.78 Å². The van der Waals surface area contributed by atoms with Crippen LogP contribution in [0.1, 0.15) is 15.9 Å². The van der Waals surface area contributed by atoms with Crippen LogP contribution in [0.25, 0.3) is 0 Å². The van der Waals surface area contributed by atoms with Crippen LogP contribution in [0.3, 0.4) is 0 Å². The van der Waals surface area contributed by atoms with E-state index in [-0.39, 0.29) is 22.6 Å². The van der Waals surface area contributed by atoms with Crippen molar-refractivity contribution in [2.24, 2.45) is 0 Å². The second-order valence-electron chi connectivity index (χ2n) is 4.10. The fourth-order valence-electron chi connectivity index (χ4n) is 1.79. The molecule has 0 atom stereocenters. The molecule has 0 aromatic heterocycles. The zero-order valence-electron chi connectivity index (χ0n) is 11.1. The zero-order valence-corrected chi connectivity index (χ0v) is 11.1. The van der Waals surface area contributed by atoms with Gasteiger partial charge in [-0.1, -0.05) is 0 Å². The SMILES string of the molecule is COc1ccc(O)c(C(=O)c2cc(OC)ccc2O)c1. The van der Waals surface area contributed by atoms with Gasteiger partial charge in [0.05, 0.1) is 25.3 Å². The molecule has 2 aromatic rings. The van der Waals surface area contributed by atoms with E-state index in [0.717, 1.165) is 0 Å². The lowest BCUT2D eigenvalue weighted by molar-refractivity contribution is 0.103. The molecule has 0 aliphatic heterocycles. The quantitative estimate of drug-likeness (QED) is 0.837. The fraction of sp³-hybridized carbons (Fsp3) is 0.133. The molecule has 20 heavy (non-hydrogen) atoms. The average molecular weight is 274 g/mol. The number of phenols is 2. The van der Waals surface area contributed by atoms with Gasteiger partial charge in [0.15, 0.2) is 0 Å². The van der Waals surface area contributed by atoms with E-state index < -0.39 is 5.78 Å². The first-order chi connectivity index (χ1) is 9.56. The molecule has 0 amide bonds. The number of phenolic OH excluding ortho intramolecular Hbond substituents is 2. The Morgan fingerprint density at radius 1 is 0.850 bits per heavy atom. The van der Waals surface area contributed by atoms with Crippen molar-refractivity contribution in [3.8, 4) is 23.0 Å². The minimum absolute atomic E-state index is 0.0490. The normalized spacial score (nSPS) is 10.1. The summed E-state index contributed by atoms with van der Waals surface area (Å²) in [5.41, 5.74) is 0.0980. The second kappa shape index (κ2) is 5.52. The maximum atomic E-state index is 12.4. The Kier molecular flexibility index (Phi) is 3.79. The molecule has 2 aromatic carbocycles. The van der Waals surface area contributed by atoms with Crippen molar-refractivity contribution in [3.63, 3.8) is 0 Å². The Morgan fingerprint density at radius 2 is 1.25 bits per heavy atom. The number of hydrogen-bond acceptors (Lipinski definition) is 5. The smallest absolute Gasteiger partial charge is 0.200 e. The first kappa shape index (κ1) is 13.7. The molecule has 0 unspecified atom stereocenters. The van der Waals surface area contributed by atoms with E-state index in [0.29, 0.717) is 11.5 Å². The van der Waals surface area contributed by atoms with Gasteiger partial charge in [-0.15, -0.1) is 0 Å². The monoisotopic (exact) mass is 274 g/mol. The lowest BCUT2D eigenvalue weighted by atomic mass is 10.0. The van der Waals surface area contributed by atoms with Crippen LogP contribution in [-0.4, -0.2) is 30.2 Å². The van der Waals surface area contributed by atoms with E-state index in [4.69, 9.17) is 9.47 Å². The van der Waals surface area contributed by atoms with Gasteiger partial charge in [-0.3, -0.25) is 4.79 Å². The van der Waals surface area contributed by atoms with Crippen LogP contribution in [0, 0.1) is 0 Å². The topological polar surface area (TPSA) is 76.0 Å². The lowest BCUT2D eigenvalue weighted by Gasteiger charge is -2.09. The summed E-state index contributed by atoms with van der Waals surface area (Å²) in [7, 11) is 2.92. The number of ketones is 1. The Hall–Kier alpha value is -2.69. The first-order valence-electron chi connectivity index (χ1n) is 5.85. The first-order valence-corrected chi connectivity index (χ1v) is 5.85. The van der Waals surface area contributed by atoms with E-state index in [2.05, 4.69) is 0 Å². The highest BCUT2D eigenvalue weighted by Gasteiger charge is 2.18. The summed E-state index contributed by atoms with van der Waals surface area (Å²) >= 11 is 0. The maximum Gasteiger partial charge on any atom is 0.200 e. The summed E-state index contributed by atoms with van der Waals surface area (Å²) in [5, 5.41) is 19.6. The standard InChI is InChI=1S/C15H14O5/c1-19-9-3-5-13(16)11(7-9)15(18)12-8-10(20-2)4-6-14(12)17/h3-8,16-17H,1-2H3. The van der Waals surface area contributed by atoms with Crippen molar-refractivity contribution in [3.05, 3.63) is 47.5 Å². The van der Waals surface area contributed by atoms with Crippen LogP contribution in [0.5, 0.6) is 23.0 Å². The van der Waals surface area contributed by atoms with Gasteiger partial charge in [0, 0.05) is 0 Å². The minimum Gasteiger partial charge on any atom is -0.507 e. The predicted molar refractivity (Wildman–Crippen MR) is 72.8 cm³/mol. The summed E-state index contributed by atoms with van der Waals surface area (Å²) < 4.78 is 10.0. The minimum atomic E-state index is -0.516. The molecule has 0 aliphatic carbocycles. The summed E-state index contributed by atoms with van der Waals surface area (Å²) in [6.45, 7) is 0. The molecule has 2 N–H and O–H groups in total. The summed E-state index contributed by atoms with van der Waals surface area (Å²) in [5.74, 6) is -0.00379. The van der Waals surface area contributed by atoms with Gasteiger partial charge in [0.1, 0.15) is 23.0 Å². The van der Waals surface area contributed by atoms with Gasteiger partial charge < -0.3 is 19.7 Å². The van der Waals surface area contributed by atoms with Crippen molar-refractivity contribution < 1.29 is 24.5 Å². The number of ether oxygens (including phenoxy) is 2. The van der Waals surface area contributed by atoms with E-state index in [1.165, 1.54) is 50.6 Å². The highest BCUT2D eigenvalue weighted by atomic mass is 16.5. The largest absolute Gasteiger partial charge is 0.507 e. The molecule has 0 fully saturated rings. The third-order valence-electron chi connectivity index (χ3n) is 2.90. The average Bonchev–Trinajstić information content (AvgIpc) is 2.47. The van der Waals surface area contributed by atoms with Crippen molar-refractivity contribution in [1.82, 2.24) is 0 Å². The number of hydrogen-bond donors (Lipinski definition) is 2. The van der Waals surface area contributed by atoms with E-state index in [9.17, 15) is 15.0 Å². The van der Waals surface area contributed by atoms with Crippen molar-refractivity contribution in [1.29, 1.82) is 0 Å². The van der Waals surface area contributed by atoms with Gasteiger partial charge in [0.25, 0.3) is 0 Å². The fourth-order valence-corrected chi connectivity index (χ4v) is 1.79. The summed E-state index contributed by atoms with van der Waals surface area (Å²) in [6.07, 6.45) is 0. The molecule has 0 radical (unpaired) electrons. The number of carbonyl (C=O) groups excluding carboxylic acids is 1. The maximum absolute atomic E-state index is 12.4. The number of benzene rings is 2. The molecule has 2 rings (SSSR count). The van der Waals surface area contributed by atoms with Crippen molar-refractivity contribution in [2.75, 3.05) is 14.2 Å². The Bertz CT molecular complexity index is 593. The number of rotatable bonds is 4. The third-order valence-corrected chi connectivity index (χ3v) is 2.90. The molecular formula is C15H14O5. The number of methoxy groups -OCH3 is 2. The van der Waals surface area contributed by atoms with Gasteiger partial charge in [0.2, 0.25) is 5.78 Å². The van der Waals surface area contributed by atoms with Gasteiger partial charge >= 0.3 is 0 Å². The Labute approximate surface area is 116 Å². The van der Waals surface area contributed by atoms with Crippen LogP contribution in [-0.2, 0) is 0 Å². The highest BCUT2D eigenvalue weighted by molar-refractivity contribution is 6.12. The molecule has 0 aliphatic rings. The molecule has 5 heteroatoms. The third kappa shape index (κ3) is 2.51. The summed E-state index contributed by atoms with van der Waals surface area (Å²) in [4.78, 5) is 12.4. The van der Waals surface area contributed by atoms with Gasteiger partial charge in [-0.2, -0.15) is 0 Å². The molecule has 0 spiro atoms. The molecule has 5 nitrogen and oxygen atoms in total. The molecule has 0 saturated heterocycles. The summed E-state index contributed by atoms with van der Waals surface area (Å²) in [6, 6.07) is 8.63. The van der Waals surface area contributed by atoms with Crippen LogP contribution < -0.4 is 9.47 Å². The van der Waals surface area contributed by atoms with Crippen LogP contribution in [0.15, 0.2) is 36.4 Å². The molecule has 0 heterocycles. The molecule has 104 valence electrons. The van der Waals surface area contributed by atoms with Crippen LogP contribution in [0.2, 0.25) is 0 Å². The van der Waals surface area contributed by atoms with E-state index in [1.54, 1.807) is 0 Å². The van der Waals surface area contributed by atoms with E-state index in [1.807, 2.05) is 0 Å². The highest BCUT2D eigenvalue weighted by Crippen LogP contribution is 2.30. The molecule has 0 bridgehead atoms. The lowest BCUT2D eigenvalue weighted by Crippen LogP contribution is -2.03. The number of carbonyl (C=O) groups is 1. The van der Waals surface area contributed by atoms with Crippen LogP contribution >= 0.6 is 0 Å². The predicted octanol–water partition coefficient (Wildman–Crippen LogP) is 2.35. The zero-order chi connectivity index (χ0) is 14.7. The second-order valence-corrected chi connectivity index (χ2v) is 4.10. The Balaban J connectivity index is 2.51. The molecule has 0 saturated carbocycles.